The van der Waals surface area contributed by atoms with Crippen LogP contribution in [0, 0.1) is 6.92 Å². The van der Waals surface area contributed by atoms with Crippen LogP contribution in [0.15, 0.2) is 45.5 Å². The lowest BCUT2D eigenvalue weighted by molar-refractivity contribution is 0.0654. The Morgan fingerprint density at radius 2 is 2.22 bits per heavy atom. The molecule has 0 atom stereocenters. The summed E-state index contributed by atoms with van der Waals surface area (Å²) in [7, 11) is 1.60. The molecule has 0 saturated carbocycles. The largest absolute Gasteiger partial charge is 0.488 e. The molecule has 0 bridgehead atoms. The smallest absolute Gasteiger partial charge is 0.276 e. The van der Waals surface area contributed by atoms with Gasteiger partial charge in [0.1, 0.15) is 18.1 Å². The average molecular weight is 368 g/mol. The number of carbonyl (C=O) groups is 1. The van der Waals surface area contributed by atoms with Gasteiger partial charge in [0.2, 0.25) is 0 Å². The number of methoxy groups -OCH3 is 1. The van der Waals surface area contributed by atoms with Crippen LogP contribution < -0.4 is 4.74 Å². The van der Waals surface area contributed by atoms with Crippen molar-refractivity contribution in [1.29, 1.82) is 0 Å². The van der Waals surface area contributed by atoms with Gasteiger partial charge < -0.3 is 23.3 Å². The van der Waals surface area contributed by atoms with Crippen molar-refractivity contribution < 1.29 is 23.2 Å². The number of carbonyl (C=O) groups excluding carboxylic acids is 1. The molecule has 7 nitrogen and oxygen atoms in total. The first-order valence-electron chi connectivity index (χ1n) is 8.70. The average Bonchev–Trinajstić information content (AvgIpc) is 3.34. The lowest BCUT2D eigenvalue weighted by Crippen LogP contribution is -2.34. The lowest BCUT2D eigenvalue weighted by atomic mass is 10.0. The molecule has 27 heavy (non-hydrogen) atoms. The minimum Gasteiger partial charge on any atom is -0.488 e. The van der Waals surface area contributed by atoms with E-state index in [4.69, 9.17) is 18.4 Å². The Balaban J connectivity index is 1.65. The second kappa shape index (κ2) is 7.28. The summed E-state index contributed by atoms with van der Waals surface area (Å²) in [6.45, 7) is 3.38. The van der Waals surface area contributed by atoms with Crippen LogP contribution in [-0.2, 0) is 17.9 Å². The summed E-state index contributed by atoms with van der Waals surface area (Å²) in [4.78, 5) is 14.8. The molecule has 0 unspecified atom stereocenters. The molecule has 3 heterocycles. The van der Waals surface area contributed by atoms with E-state index in [2.05, 4.69) is 5.16 Å². The molecule has 140 valence electrons. The Hall–Kier alpha value is -3.06. The minimum absolute atomic E-state index is 0.242. The highest BCUT2D eigenvalue weighted by Crippen LogP contribution is 2.39. The summed E-state index contributed by atoms with van der Waals surface area (Å²) in [6, 6.07) is 9.46. The predicted molar refractivity (Wildman–Crippen MR) is 96.3 cm³/mol. The molecule has 1 aromatic carbocycles. The van der Waals surface area contributed by atoms with Crippen molar-refractivity contribution in [3.63, 3.8) is 0 Å². The zero-order valence-electron chi connectivity index (χ0n) is 15.2. The van der Waals surface area contributed by atoms with Crippen molar-refractivity contribution in [2.24, 2.45) is 0 Å². The summed E-state index contributed by atoms with van der Waals surface area (Å²) in [5.74, 6) is 1.77. The number of fused-ring (bicyclic) bond motifs is 3. The molecule has 0 fully saturated rings. The van der Waals surface area contributed by atoms with Gasteiger partial charge in [0.05, 0.1) is 30.5 Å². The summed E-state index contributed by atoms with van der Waals surface area (Å²) in [6.07, 6.45) is 1.58. The van der Waals surface area contributed by atoms with Crippen molar-refractivity contribution in [2.75, 3.05) is 20.3 Å². The summed E-state index contributed by atoms with van der Waals surface area (Å²) in [5.41, 5.74) is 2.83. The molecule has 0 aliphatic carbocycles. The Labute approximate surface area is 156 Å². The Morgan fingerprint density at radius 1 is 1.33 bits per heavy atom. The number of benzene rings is 1. The highest BCUT2D eigenvalue weighted by Gasteiger charge is 2.31. The van der Waals surface area contributed by atoms with E-state index in [1.165, 1.54) is 0 Å². The van der Waals surface area contributed by atoms with Gasteiger partial charge in [-0.05, 0) is 31.2 Å². The number of amides is 1. The second-order valence-corrected chi connectivity index (χ2v) is 6.43. The number of nitrogens with zero attached hydrogens (tertiary/aromatic N) is 2. The summed E-state index contributed by atoms with van der Waals surface area (Å²) < 4.78 is 21.9. The molecular formula is C20H20N2O5. The first kappa shape index (κ1) is 17.4. The molecule has 1 aliphatic rings. The number of aromatic nitrogens is 1. The zero-order valence-corrected chi connectivity index (χ0v) is 15.2. The fourth-order valence-electron chi connectivity index (χ4n) is 3.11. The van der Waals surface area contributed by atoms with Crippen LogP contribution in [-0.4, -0.2) is 36.2 Å². The van der Waals surface area contributed by atoms with Gasteiger partial charge in [0.25, 0.3) is 5.91 Å². The van der Waals surface area contributed by atoms with Gasteiger partial charge in [-0.2, -0.15) is 0 Å². The summed E-state index contributed by atoms with van der Waals surface area (Å²) >= 11 is 0. The zero-order chi connectivity index (χ0) is 18.8. The quantitative estimate of drug-likeness (QED) is 0.663. The minimum atomic E-state index is -0.242. The fourth-order valence-corrected chi connectivity index (χ4v) is 3.11. The Bertz CT molecular complexity index is 945. The van der Waals surface area contributed by atoms with Crippen LogP contribution in [0.2, 0.25) is 0 Å². The third-order valence-electron chi connectivity index (χ3n) is 4.52. The highest BCUT2D eigenvalue weighted by atomic mass is 16.5. The van der Waals surface area contributed by atoms with E-state index in [9.17, 15) is 4.79 Å². The molecule has 1 aliphatic heterocycles. The van der Waals surface area contributed by atoms with E-state index >= 15 is 0 Å². The molecule has 0 spiro atoms. The van der Waals surface area contributed by atoms with Crippen molar-refractivity contribution in [1.82, 2.24) is 10.1 Å². The number of hydrogen-bond acceptors (Lipinski definition) is 6. The van der Waals surface area contributed by atoms with Crippen molar-refractivity contribution in [3.05, 3.63) is 59.2 Å². The lowest BCUT2D eigenvalue weighted by Gasteiger charge is -2.21. The normalized spacial score (nSPS) is 12.2. The standard InChI is InChI=1S/C20H20N2O5/c1-13-5-6-17-15(10-13)19-16(12-26-17)18(21-27-19)20(23)22(7-9-24-2)11-14-4-3-8-25-14/h3-6,8,10H,7,9,11-12H2,1-2H3. The van der Waals surface area contributed by atoms with Crippen LogP contribution in [0.5, 0.6) is 5.75 Å². The van der Waals surface area contributed by atoms with Crippen LogP contribution in [0.1, 0.15) is 27.4 Å². The van der Waals surface area contributed by atoms with E-state index in [1.54, 1.807) is 24.3 Å². The van der Waals surface area contributed by atoms with Gasteiger partial charge in [0, 0.05) is 13.7 Å². The highest BCUT2D eigenvalue weighted by molar-refractivity contribution is 5.95. The van der Waals surface area contributed by atoms with E-state index in [0.717, 1.165) is 16.9 Å². The maximum Gasteiger partial charge on any atom is 0.276 e. The first-order chi connectivity index (χ1) is 13.2. The number of hydrogen-bond donors (Lipinski definition) is 0. The molecular weight excluding hydrogens is 348 g/mol. The van der Waals surface area contributed by atoms with Crippen LogP contribution in [0.3, 0.4) is 0 Å². The van der Waals surface area contributed by atoms with Gasteiger partial charge in [-0.15, -0.1) is 0 Å². The van der Waals surface area contributed by atoms with Gasteiger partial charge in [-0.3, -0.25) is 4.79 Å². The third-order valence-corrected chi connectivity index (χ3v) is 4.52. The maximum absolute atomic E-state index is 13.1. The summed E-state index contributed by atoms with van der Waals surface area (Å²) in [5, 5.41) is 4.07. The Kier molecular flexibility index (Phi) is 4.68. The van der Waals surface area contributed by atoms with Crippen LogP contribution >= 0.6 is 0 Å². The SMILES string of the molecule is COCCN(Cc1ccco1)C(=O)c1noc2c1COc1ccc(C)cc1-2. The predicted octanol–water partition coefficient (Wildman–Crippen LogP) is 3.42. The molecule has 7 heteroatoms. The van der Waals surface area contributed by atoms with Gasteiger partial charge in [0.15, 0.2) is 11.5 Å². The van der Waals surface area contributed by atoms with Crippen LogP contribution in [0.4, 0.5) is 0 Å². The molecule has 1 amide bonds. The van der Waals surface area contributed by atoms with Crippen molar-refractivity contribution >= 4 is 5.91 Å². The van der Waals surface area contributed by atoms with Crippen LogP contribution in [0.25, 0.3) is 11.3 Å². The Morgan fingerprint density at radius 3 is 3.00 bits per heavy atom. The fraction of sp³-hybridized carbons (Fsp3) is 0.300. The second-order valence-electron chi connectivity index (χ2n) is 6.43. The van der Waals surface area contributed by atoms with Crippen molar-refractivity contribution in [3.8, 4) is 17.1 Å². The van der Waals surface area contributed by atoms with Gasteiger partial charge in [-0.25, -0.2) is 0 Å². The number of rotatable bonds is 6. The monoisotopic (exact) mass is 368 g/mol. The third kappa shape index (κ3) is 3.33. The molecule has 4 rings (SSSR count). The first-order valence-corrected chi connectivity index (χ1v) is 8.70. The van der Waals surface area contributed by atoms with E-state index in [-0.39, 0.29) is 18.2 Å². The molecule has 3 aromatic rings. The number of aryl methyl sites for hydroxylation is 1. The molecule has 2 aromatic heterocycles. The number of ether oxygens (including phenoxy) is 2. The topological polar surface area (TPSA) is 77.9 Å². The van der Waals surface area contributed by atoms with E-state index in [0.29, 0.717) is 36.8 Å². The molecule has 0 radical (unpaired) electrons. The van der Waals surface area contributed by atoms with E-state index in [1.807, 2.05) is 31.2 Å². The molecule has 0 N–H and O–H groups in total. The number of furan rings is 1. The maximum atomic E-state index is 13.1. The van der Waals surface area contributed by atoms with Crippen molar-refractivity contribution in [2.45, 2.75) is 20.1 Å². The van der Waals surface area contributed by atoms with E-state index < -0.39 is 0 Å². The van der Waals surface area contributed by atoms with Gasteiger partial charge >= 0.3 is 0 Å². The molecule has 0 saturated heterocycles. The van der Waals surface area contributed by atoms with Gasteiger partial charge in [-0.1, -0.05) is 16.8 Å².